The van der Waals surface area contributed by atoms with Gasteiger partial charge in [-0.15, -0.1) is 0 Å². The first-order valence-electron chi connectivity index (χ1n) is 7.31. The molecule has 23 heavy (non-hydrogen) atoms. The average molecular weight is 345 g/mol. The van der Waals surface area contributed by atoms with Crippen molar-refractivity contribution in [2.45, 2.75) is 19.0 Å². The first-order valence-corrected chi connectivity index (χ1v) is 8.10. The molecule has 3 rings (SSSR count). The summed E-state index contributed by atoms with van der Waals surface area (Å²) in [5.41, 5.74) is 11.8. The van der Waals surface area contributed by atoms with Crippen molar-refractivity contribution in [1.29, 1.82) is 0 Å². The summed E-state index contributed by atoms with van der Waals surface area (Å²) in [5, 5.41) is 5.05. The second kappa shape index (κ2) is 6.98. The highest BCUT2D eigenvalue weighted by Gasteiger charge is 2.27. The van der Waals surface area contributed by atoms with Gasteiger partial charge in [-0.25, -0.2) is 0 Å². The fraction of sp³-hybridized carbons (Fsp3) is 0.176. The van der Waals surface area contributed by atoms with Gasteiger partial charge in [-0.05, 0) is 48.0 Å². The number of benzene rings is 2. The summed E-state index contributed by atoms with van der Waals surface area (Å²) in [4.78, 5) is 2.32. The molecule has 1 aliphatic rings. The minimum absolute atomic E-state index is 0.157. The third-order valence-electron chi connectivity index (χ3n) is 3.82. The van der Waals surface area contributed by atoms with Gasteiger partial charge >= 0.3 is 0 Å². The Bertz CT molecular complexity index is 730. The van der Waals surface area contributed by atoms with E-state index in [0.29, 0.717) is 0 Å². The summed E-state index contributed by atoms with van der Waals surface area (Å²) in [6, 6.07) is 16.5. The lowest BCUT2D eigenvalue weighted by atomic mass is 10.1. The van der Waals surface area contributed by atoms with Crippen LogP contribution in [0, 0.1) is 0 Å². The van der Waals surface area contributed by atoms with Crippen molar-refractivity contribution in [3.8, 4) is 0 Å². The van der Waals surface area contributed by atoms with Gasteiger partial charge in [0.15, 0.2) is 5.11 Å². The summed E-state index contributed by atoms with van der Waals surface area (Å²) in [5.74, 6) is 0. The highest BCUT2D eigenvalue weighted by atomic mass is 35.5. The van der Waals surface area contributed by atoms with E-state index in [4.69, 9.17) is 29.6 Å². The van der Waals surface area contributed by atoms with Crippen LogP contribution in [0.2, 0.25) is 5.02 Å². The highest BCUT2D eigenvalue weighted by Crippen LogP contribution is 2.32. The predicted octanol–water partition coefficient (Wildman–Crippen LogP) is 3.09. The summed E-state index contributed by atoms with van der Waals surface area (Å²) in [7, 11) is 0. The maximum atomic E-state index is 5.97. The van der Waals surface area contributed by atoms with Gasteiger partial charge in [-0.2, -0.15) is 5.10 Å². The molecule has 0 unspecified atom stereocenters. The average Bonchev–Trinajstić information content (AvgIpc) is 2.87. The molecule has 0 saturated heterocycles. The zero-order valence-electron chi connectivity index (χ0n) is 12.4. The zero-order chi connectivity index (χ0) is 16.2. The van der Waals surface area contributed by atoms with Crippen LogP contribution in [-0.4, -0.2) is 17.4 Å². The Kier molecular flexibility index (Phi) is 4.79. The molecule has 3 N–H and O–H groups in total. The number of thiocarbonyl (C=S) groups is 1. The monoisotopic (exact) mass is 344 g/mol. The summed E-state index contributed by atoms with van der Waals surface area (Å²) in [6.07, 6.45) is 2.77. The molecule has 0 amide bonds. The van der Waals surface area contributed by atoms with Crippen molar-refractivity contribution in [1.82, 2.24) is 5.43 Å². The normalized spacial score (nSPS) is 16.6. The van der Waals surface area contributed by atoms with Gasteiger partial charge in [0.2, 0.25) is 0 Å². The third kappa shape index (κ3) is 3.81. The topological polar surface area (TPSA) is 53.6 Å². The molecule has 118 valence electrons. The van der Waals surface area contributed by atoms with Crippen LogP contribution in [0.15, 0.2) is 53.6 Å². The van der Waals surface area contributed by atoms with Gasteiger partial charge < -0.3 is 10.6 Å². The van der Waals surface area contributed by atoms with E-state index in [1.54, 1.807) is 0 Å². The first kappa shape index (κ1) is 15.8. The Morgan fingerprint density at radius 2 is 2.04 bits per heavy atom. The first-order chi connectivity index (χ1) is 11.1. The number of rotatable bonds is 4. The van der Waals surface area contributed by atoms with Crippen molar-refractivity contribution in [3.05, 3.63) is 64.7 Å². The minimum atomic E-state index is 0.157. The molecule has 1 atom stereocenters. The predicted molar refractivity (Wildman–Crippen MR) is 100.0 cm³/mol. The maximum Gasteiger partial charge on any atom is 0.184 e. The van der Waals surface area contributed by atoms with Crippen LogP contribution < -0.4 is 16.1 Å². The molecule has 0 fully saturated rings. The van der Waals surface area contributed by atoms with Crippen LogP contribution in [0.1, 0.15) is 11.1 Å². The van der Waals surface area contributed by atoms with Crippen LogP contribution >= 0.6 is 23.8 Å². The fourth-order valence-corrected chi connectivity index (χ4v) is 2.97. The van der Waals surface area contributed by atoms with Gasteiger partial charge in [0.05, 0.1) is 6.04 Å². The second-order valence-corrected chi connectivity index (χ2v) is 6.29. The van der Waals surface area contributed by atoms with Gasteiger partial charge in [0, 0.05) is 23.5 Å². The highest BCUT2D eigenvalue weighted by molar-refractivity contribution is 7.80. The summed E-state index contributed by atoms with van der Waals surface area (Å²) >= 11 is 10.7. The number of hydrogen-bond acceptors (Lipinski definition) is 3. The summed E-state index contributed by atoms with van der Waals surface area (Å²) < 4.78 is 0. The van der Waals surface area contributed by atoms with Crippen molar-refractivity contribution in [2.75, 3.05) is 4.90 Å². The molecule has 0 aliphatic carbocycles. The molecular formula is C17H17ClN4S. The number of fused-ring (bicyclic) bond motifs is 1. The molecule has 2 aromatic rings. The number of hydrogen-bond donors (Lipinski definition) is 2. The van der Waals surface area contributed by atoms with Crippen molar-refractivity contribution < 1.29 is 0 Å². The maximum absolute atomic E-state index is 5.97. The van der Waals surface area contributed by atoms with E-state index in [2.05, 4.69) is 39.7 Å². The fourth-order valence-electron chi connectivity index (χ4n) is 2.79. The number of hydrazone groups is 1. The molecule has 0 aromatic heterocycles. The van der Waals surface area contributed by atoms with E-state index >= 15 is 0 Å². The SMILES string of the molecule is NC(=S)NN=C[C@@H]1Cc2ccccc2N1Cc1ccc(Cl)cc1. The molecule has 0 spiro atoms. The second-order valence-electron chi connectivity index (χ2n) is 5.41. The van der Waals surface area contributed by atoms with Crippen LogP contribution in [0.25, 0.3) is 0 Å². The molecule has 0 radical (unpaired) electrons. The lowest BCUT2D eigenvalue weighted by Crippen LogP contribution is -2.34. The Morgan fingerprint density at radius 3 is 2.78 bits per heavy atom. The van der Waals surface area contributed by atoms with Crippen molar-refractivity contribution in [3.63, 3.8) is 0 Å². The van der Waals surface area contributed by atoms with Gasteiger partial charge in [-0.3, -0.25) is 5.43 Å². The lowest BCUT2D eigenvalue weighted by molar-refractivity contribution is 0.760. The number of nitrogens with zero attached hydrogens (tertiary/aromatic N) is 2. The van der Waals surface area contributed by atoms with Gasteiger partial charge in [0.1, 0.15) is 0 Å². The van der Waals surface area contributed by atoms with E-state index in [-0.39, 0.29) is 11.2 Å². The van der Waals surface area contributed by atoms with E-state index in [0.717, 1.165) is 18.0 Å². The number of nitrogens with one attached hydrogen (secondary N) is 1. The van der Waals surface area contributed by atoms with Gasteiger partial charge in [0.25, 0.3) is 0 Å². The Hall–Kier alpha value is -2.11. The Labute approximate surface area is 145 Å². The van der Waals surface area contributed by atoms with Crippen molar-refractivity contribution >= 4 is 40.8 Å². The molecule has 4 nitrogen and oxygen atoms in total. The minimum Gasteiger partial charge on any atom is -0.375 e. The number of para-hydroxylation sites is 1. The van der Waals surface area contributed by atoms with Crippen LogP contribution in [-0.2, 0) is 13.0 Å². The molecule has 1 aliphatic heterocycles. The zero-order valence-corrected chi connectivity index (χ0v) is 14.0. The number of anilines is 1. The van der Waals surface area contributed by atoms with E-state index < -0.39 is 0 Å². The third-order valence-corrected chi connectivity index (χ3v) is 4.16. The van der Waals surface area contributed by atoms with E-state index in [1.165, 1.54) is 16.8 Å². The van der Waals surface area contributed by atoms with Crippen LogP contribution in [0.3, 0.4) is 0 Å². The largest absolute Gasteiger partial charge is 0.375 e. The Balaban J connectivity index is 1.83. The molecule has 1 heterocycles. The van der Waals surface area contributed by atoms with Gasteiger partial charge in [-0.1, -0.05) is 41.9 Å². The number of nitrogens with two attached hydrogens (primary N) is 1. The molecule has 0 bridgehead atoms. The lowest BCUT2D eigenvalue weighted by Gasteiger charge is -2.25. The molecular weight excluding hydrogens is 328 g/mol. The van der Waals surface area contributed by atoms with Crippen LogP contribution in [0.5, 0.6) is 0 Å². The molecule has 2 aromatic carbocycles. The Morgan fingerprint density at radius 1 is 1.30 bits per heavy atom. The molecule has 6 heteroatoms. The number of halogens is 1. The molecule has 0 saturated carbocycles. The smallest absolute Gasteiger partial charge is 0.184 e. The quantitative estimate of drug-likeness (QED) is 0.508. The van der Waals surface area contributed by atoms with Crippen LogP contribution in [0.4, 0.5) is 5.69 Å². The standard InChI is InChI=1S/C17H17ClN4S/c18-14-7-5-12(6-8-14)11-22-15(10-20-21-17(19)23)9-13-3-1-2-4-16(13)22/h1-8,10,15H,9,11H2,(H3,19,21,23)/t15-/m0/s1. The van der Waals surface area contributed by atoms with E-state index in [9.17, 15) is 0 Å². The summed E-state index contributed by atoms with van der Waals surface area (Å²) in [6.45, 7) is 0.790. The van der Waals surface area contributed by atoms with E-state index in [1.807, 2.05) is 30.5 Å². The van der Waals surface area contributed by atoms with Crippen molar-refractivity contribution in [2.24, 2.45) is 10.8 Å².